The highest BCUT2D eigenvalue weighted by molar-refractivity contribution is 5.71. The van der Waals surface area contributed by atoms with Crippen molar-refractivity contribution in [3.8, 4) is 11.5 Å². The SMILES string of the molecule is Cc1nc2nc(-c3nccn3C)ccc2o1. The molecule has 0 unspecified atom stereocenters. The number of hydrogen-bond donors (Lipinski definition) is 0. The Morgan fingerprint density at radius 3 is 2.88 bits per heavy atom. The van der Waals surface area contributed by atoms with Crippen LogP contribution in [0.5, 0.6) is 0 Å². The van der Waals surface area contributed by atoms with Crippen molar-refractivity contribution >= 4 is 11.2 Å². The van der Waals surface area contributed by atoms with Crippen molar-refractivity contribution in [2.45, 2.75) is 6.92 Å². The Kier molecular flexibility index (Phi) is 1.80. The van der Waals surface area contributed by atoms with Crippen LogP contribution in [0.15, 0.2) is 28.9 Å². The number of imidazole rings is 1. The zero-order valence-electron chi connectivity index (χ0n) is 9.01. The van der Waals surface area contributed by atoms with Gasteiger partial charge in [0.15, 0.2) is 22.9 Å². The highest BCUT2D eigenvalue weighted by Crippen LogP contribution is 2.19. The van der Waals surface area contributed by atoms with Gasteiger partial charge >= 0.3 is 0 Å². The molecular formula is C11H10N4O. The molecule has 0 amide bonds. The Hall–Kier alpha value is -2.17. The first-order valence-electron chi connectivity index (χ1n) is 4.96. The van der Waals surface area contributed by atoms with E-state index in [4.69, 9.17) is 4.42 Å². The fourth-order valence-corrected chi connectivity index (χ4v) is 1.66. The van der Waals surface area contributed by atoms with E-state index in [-0.39, 0.29) is 0 Å². The fraction of sp³-hybridized carbons (Fsp3) is 0.182. The molecule has 3 aromatic rings. The molecule has 3 rings (SSSR count). The minimum atomic E-state index is 0.623. The van der Waals surface area contributed by atoms with Crippen molar-refractivity contribution < 1.29 is 4.42 Å². The number of hydrogen-bond acceptors (Lipinski definition) is 4. The van der Waals surface area contributed by atoms with Crippen LogP contribution in [-0.4, -0.2) is 19.5 Å². The smallest absolute Gasteiger partial charge is 0.199 e. The van der Waals surface area contributed by atoms with E-state index in [0.717, 1.165) is 11.5 Å². The summed E-state index contributed by atoms with van der Waals surface area (Å²) in [5, 5.41) is 0. The number of aryl methyl sites for hydroxylation is 2. The van der Waals surface area contributed by atoms with Crippen molar-refractivity contribution in [1.82, 2.24) is 19.5 Å². The number of oxazole rings is 1. The second kappa shape index (κ2) is 3.16. The fourth-order valence-electron chi connectivity index (χ4n) is 1.66. The summed E-state index contributed by atoms with van der Waals surface area (Å²) in [6, 6.07) is 3.75. The van der Waals surface area contributed by atoms with Gasteiger partial charge in [-0.15, -0.1) is 0 Å². The van der Waals surface area contributed by atoms with E-state index in [0.29, 0.717) is 17.1 Å². The van der Waals surface area contributed by atoms with Gasteiger partial charge in [-0.25, -0.2) is 9.97 Å². The Bertz CT molecular complexity index is 653. The van der Waals surface area contributed by atoms with Crippen LogP contribution in [0.4, 0.5) is 0 Å². The van der Waals surface area contributed by atoms with Crippen LogP contribution >= 0.6 is 0 Å². The maximum absolute atomic E-state index is 5.37. The quantitative estimate of drug-likeness (QED) is 0.621. The summed E-state index contributed by atoms with van der Waals surface area (Å²) >= 11 is 0. The number of rotatable bonds is 1. The first kappa shape index (κ1) is 9.08. The minimum absolute atomic E-state index is 0.623. The van der Waals surface area contributed by atoms with E-state index in [9.17, 15) is 0 Å². The van der Waals surface area contributed by atoms with Crippen molar-refractivity contribution in [2.75, 3.05) is 0 Å². The lowest BCUT2D eigenvalue weighted by atomic mass is 10.3. The van der Waals surface area contributed by atoms with Crippen molar-refractivity contribution in [2.24, 2.45) is 7.05 Å². The van der Waals surface area contributed by atoms with E-state index >= 15 is 0 Å². The van der Waals surface area contributed by atoms with Crippen LogP contribution in [-0.2, 0) is 7.05 Å². The van der Waals surface area contributed by atoms with Crippen LogP contribution in [0.1, 0.15) is 5.89 Å². The first-order chi connectivity index (χ1) is 7.74. The van der Waals surface area contributed by atoms with Gasteiger partial charge in [0.05, 0.1) is 0 Å². The van der Waals surface area contributed by atoms with E-state index in [1.165, 1.54) is 0 Å². The number of pyridine rings is 1. The second-order valence-corrected chi connectivity index (χ2v) is 3.61. The molecule has 0 radical (unpaired) electrons. The zero-order valence-corrected chi connectivity index (χ0v) is 9.01. The topological polar surface area (TPSA) is 56.7 Å². The van der Waals surface area contributed by atoms with Gasteiger partial charge in [0.25, 0.3) is 0 Å². The lowest BCUT2D eigenvalue weighted by Gasteiger charge is -1.99. The Morgan fingerprint density at radius 2 is 2.12 bits per heavy atom. The van der Waals surface area contributed by atoms with Gasteiger partial charge in [0.1, 0.15) is 5.69 Å². The Labute approximate surface area is 91.8 Å². The third kappa shape index (κ3) is 1.29. The number of aromatic nitrogens is 4. The molecule has 0 aliphatic heterocycles. The molecule has 0 aromatic carbocycles. The molecule has 80 valence electrons. The third-order valence-electron chi connectivity index (χ3n) is 2.41. The van der Waals surface area contributed by atoms with Crippen molar-refractivity contribution in [1.29, 1.82) is 0 Å². The van der Waals surface area contributed by atoms with Crippen LogP contribution < -0.4 is 0 Å². The molecule has 16 heavy (non-hydrogen) atoms. The van der Waals surface area contributed by atoms with E-state index < -0.39 is 0 Å². The van der Waals surface area contributed by atoms with Gasteiger partial charge in [0, 0.05) is 26.4 Å². The maximum Gasteiger partial charge on any atom is 0.199 e. The average molecular weight is 214 g/mol. The molecule has 0 fully saturated rings. The highest BCUT2D eigenvalue weighted by Gasteiger charge is 2.08. The molecular weight excluding hydrogens is 204 g/mol. The van der Waals surface area contributed by atoms with Gasteiger partial charge in [-0.2, -0.15) is 4.98 Å². The molecule has 0 spiro atoms. The van der Waals surface area contributed by atoms with E-state index in [1.807, 2.05) is 36.9 Å². The summed E-state index contributed by atoms with van der Waals surface area (Å²) in [7, 11) is 1.93. The van der Waals surface area contributed by atoms with Crippen LogP contribution in [0.2, 0.25) is 0 Å². The molecule has 0 saturated carbocycles. The zero-order chi connectivity index (χ0) is 11.1. The third-order valence-corrected chi connectivity index (χ3v) is 2.41. The van der Waals surface area contributed by atoms with Crippen molar-refractivity contribution in [3.05, 3.63) is 30.4 Å². The number of nitrogens with zero attached hydrogens (tertiary/aromatic N) is 4. The lowest BCUT2D eigenvalue weighted by Crippen LogP contribution is -1.93. The molecule has 0 atom stereocenters. The van der Waals surface area contributed by atoms with Gasteiger partial charge in [-0.3, -0.25) is 0 Å². The van der Waals surface area contributed by atoms with Gasteiger partial charge in [-0.05, 0) is 12.1 Å². The minimum Gasteiger partial charge on any atom is -0.439 e. The van der Waals surface area contributed by atoms with E-state index in [2.05, 4.69) is 15.0 Å². The summed E-state index contributed by atoms with van der Waals surface area (Å²) in [5.41, 5.74) is 2.13. The van der Waals surface area contributed by atoms with Gasteiger partial charge in [0.2, 0.25) is 0 Å². The molecule has 0 bridgehead atoms. The average Bonchev–Trinajstić information content (AvgIpc) is 2.81. The summed E-state index contributed by atoms with van der Waals surface area (Å²) in [4.78, 5) is 12.9. The summed E-state index contributed by atoms with van der Waals surface area (Å²) in [5.74, 6) is 1.45. The van der Waals surface area contributed by atoms with Crippen LogP contribution in [0.3, 0.4) is 0 Å². The second-order valence-electron chi connectivity index (χ2n) is 3.61. The molecule has 3 heterocycles. The van der Waals surface area contributed by atoms with Crippen LogP contribution in [0.25, 0.3) is 22.7 Å². The normalized spacial score (nSPS) is 11.1. The highest BCUT2D eigenvalue weighted by atomic mass is 16.3. The summed E-state index contributed by atoms with van der Waals surface area (Å²) in [6.45, 7) is 1.81. The predicted octanol–water partition coefficient (Wildman–Crippen LogP) is 1.93. The van der Waals surface area contributed by atoms with Gasteiger partial charge in [-0.1, -0.05) is 0 Å². The summed E-state index contributed by atoms with van der Waals surface area (Å²) in [6.07, 6.45) is 3.63. The molecule has 0 aliphatic rings. The first-order valence-corrected chi connectivity index (χ1v) is 4.96. The molecule has 5 nitrogen and oxygen atoms in total. The molecule has 0 saturated heterocycles. The van der Waals surface area contributed by atoms with E-state index in [1.54, 1.807) is 6.20 Å². The van der Waals surface area contributed by atoms with Crippen molar-refractivity contribution in [3.63, 3.8) is 0 Å². The monoisotopic (exact) mass is 214 g/mol. The van der Waals surface area contributed by atoms with Crippen LogP contribution in [0, 0.1) is 6.92 Å². The Balaban J connectivity index is 2.22. The predicted molar refractivity (Wildman–Crippen MR) is 58.7 cm³/mol. The molecule has 5 heteroatoms. The lowest BCUT2D eigenvalue weighted by molar-refractivity contribution is 0.561. The molecule has 3 aromatic heterocycles. The maximum atomic E-state index is 5.37. The standard InChI is InChI=1S/C11H10N4O/c1-7-13-10-9(16-7)4-3-8(14-10)11-12-5-6-15(11)2/h3-6H,1-2H3. The van der Waals surface area contributed by atoms with Gasteiger partial charge < -0.3 is 8.98 Å². The largest absolute Gasteiger partial charge is 0.439 e. The molecule has 0 N–H and O–H groups in total. The number of fused-ring (bicyclic) bond motifs is 1. The molecule has 0 aliphatic carbocycles. The summed E-state index contributed by atoms with van der Waals surface area (Å²) < 4.78 is 7.29. The Morgan fingerprint density at radius 1 is 1.25 bits per heavy atom.